The minimum Gasteiger partial charge on any atom is -0.490 e. The summed E-state index contributed by atoms with van der Waals surface area (Å²) in [5.74, 6) is 1.55. The molecule has 1 aliphatic rings. The predicted octanol–water partition coefficient (Wildman–Crippen LogP) is 3.48. The molecule has 25 heavy (non-hydrogen) atoms. The van der Waals surface area contributed by atoms with Crippen molar-refractivity contribution < 1.29 is 9.47 Å². The quantitative estimate of drug-likeness (QED) is 0.377. The average molecular weight is 368 g/mol. The number of aliphatic imine (C=N–C) groups is 1. The van der Waals surface area contributed by atoms with Crippen LogP contribution in [0.5, 0.6) is 5.75 Å². The highest BCUT2D eigenvalue weighted by Crippen LogP contribution is 2.44. The lowest BCUT2D eigenvalue weighted by Crippen LogP contribution is -2.41. The van der Waals surface area contributed by atoms with Crippen molar-refractivity contribution in [1.29, 1.82) is 0 Å². The normalized spacial score (nSPS) is 16.2. The minimum atomic E-state index is 0.326. The number of halogens is 1. The molecule has 140 valence electrons. The molecule has 2 rings (SSSR count). The van der Waals surface area contributed by atoms with Crippen LogP contribution >= 0.6 is 11.6 Å². The zero-order valence-corrected chi connectivity index (χ0v) is 16.1. The van der Waals surface area contributed by atoms with E-state index in [-0.39, 0.29) is 0 Å². The molecule has 0 spiro atoms. The van der Waals surface area contributed by atoms with Gasteiger partial charge in [-0.1, -0.05) is 30.2 Å². The van der Waals surface area contributed by atoms with Crippen molar-refractivity contribution in [3.05, 3.63) is 29.3 Å². The highest BCUT2D eigenvalue weighted by atomic mass is 35.5. The Bertz CT molecular complexity index is 547. The maximum atomic E-state index is 6.09. The molecular formula is C19H30ClN3O2. The van der Waals surface area contributed by atoms with E-state index in [0.29, 0.717) is 29.3 Å². The molecule has 6 heteroatoms. The van der Waals surface area contributed by atoms with Crippen molar-refractivity contribution in [2.24, 2.45) is 10.4 Å². The van der Waals surface area contributed by atoms with Crippen molar-refractivity contribution in [3.63, 3.8) is 0 Å². The Hall–Kier alpha value is -1.46. The van der Waals surface area contributed by atoms with E-state index in [1.165, 1.54) is 19.3 Å². The third-order valence-electron chi connectivity index (χ3n) is 4.66. The summed E-state index contributed by atoms with van der Waals surface area (Å²) >= 11 is 6.09. The lowest BCUT2D eigenvalue weighted by molar-refractivity contribution is 0.0778. The maximum absolute atomic E-state index is 6.09. The Morgan fingerprint density at radius 2 is 2.04 bits per heavy atom. The Kier molecular flexibility index (Phi) is 8.35. The second-order valence-electron chi connectivity index (χ2n) is 6.50. The molecule has 0 atom stereocenters. The smallest absolute Gasteiger partial charge is 0.191 e. The molecule has 1 aromatic carbocycles. The molecule has 5 nitrogen and oxygen atoms in total. The molecule has 1 aliphatic carbocycles. The van der Waals surface area contributed by atoms with E-state index < -0.39 is 0 Å². The van der Waals surface area contributed by atoms with Crippen molar-refractivity contribution >= 4 is 17.6 Å². The largest absolute Gasteiger partial charge is 0.490 e. The molecule has 1 fully saturated rings. The van der Waals surface area contributed by atoms with Gasteiger partial charge in [-0.15, -0.1) is 0 Å². The van der Waals surface area contributed by atoms with Crippen molar-refractivity contribution in [3.8, 4) is 5.75 Å². The van der Waals surface area contributed by atoms with E-state index in [4.69, 9.17) is 26.1 Å². The molecule has 1 saturated carbocycles. The third-order valence-corrected chi connectivity index (χ3v) is 4.97. The second kappa shape index (κ2) is 10.5. The number of ether oxygens (including phenoxy) is 2. The van der Waals surface area contributed by atoms with Crippen LogP contribution in [0.15, 0.2) is 29.3 Å². The fourth-order valence-electron chi connectivity index (χ4n) is 2.96. The first-order valence-corrected chi connectivity index (χ1v) is 9.45. The van der Waals surface area contributed by atoms with Crippen molar-refractivity contribution in [2.75, 3.05) is 40.0 Å². The number of hydrogen-bond donors (Lipinski definition) is 2. The summed E-state index contributed by atoms with van der Waals surface area (Å²) in [6, 6.07) is 7.51. The van der Waals surface area contributed by atoms with Crippen LogP contribution in [0.25, 0.3) is 0 Å². The number of hydrogen-bond acceptors (Lipinski definition) is 3. The Labute approximate surface area is 156 Å². The summed E-state index contributed by atoms with van der Waals surface area (Å²) in [7, 11) is 1.76. The van der Waals surface area contributed by atoms with E-state index in [9.17, 15) is 0 Å². The summed E-state index contributed by atoms with van der Waals surface area (Å²) in [5.41, 5.74) is 0.326. The summed E-state index contributed by atoms with van der Waals surface area (Å²) in [5, 5.41) is 7.25. The van der Waals surface area contributed by atoms with Gasteiger partial charge in [-0.05, 0) is 43.7 Å². The molecule has 0 heterocycles. The predicted molar refractivity (Wildman–Crippen MR) is 104 cm³/mol. The highest BCUT2D eigenvalue weighted by Gasteiger charge is 2.36. The minimum absolute atomic E-state index is 0.326. The number of para-hydroxylation sites is 1. The van der Waals surface area contributed by atoms with Gasteiger partial charge in [0.25, 0.3) is 0 Å². The first-order chi connectivity index (χ1) is 12.2. The first kappa shape index (κ1) is 19.9. The van der Waals surface area contributed by atoms with E-state index in [2.05, 4.69) is 17.6 Å². The molecule has 0 aromatic heterocycles. The first-order valence-electron chi connectivity index (χ1n) is 9.07. The lowest BCUT2D eigenvalue weighted by Gasteiger charge is -2.40. The van der Waals surface area contributed by atoms with E-state index in [0.717, 1.165) is 32.1 Å². The van der Waals surface area contributed by atoms with Crippen LogP contribution in [0, 0.1) is 5.41 Å². The van der Waals surface area contributed by atoms with Gasteiger partial charge in [0, 0.05) is 26.8 Å². The van der Waals surface area contributed by atoms with Crippen LogP contribution in [0.4, 0.5) is 0 Å². The van der Waals surface area contributed by atoms with Crippen LogP contribution < -0.4 is 15.4 Å². The summed E-state index contributed by atoms with van der Waals surface area (Å²) in [6.07, 6.45) is 4.88. The van der Waals surface area contributed by atoms with E-state index in [1.807, 2.05) is 24.3 Å². The van der Waals surface area contributed by atoms with Gasteiger partial charge in [-0.3, -0.25) is 4.99 Å². The van der Waals surface area contributed by atoms with Crippen LogP contribution in [0.3, 0.4) is 0 Å². The summed E-state index contributed by atoms with van der Waals surface area (Å²) < 4.78 is 11.0. The molecule has 2 N–H and O–H groups in total. The fourth-order valence-corrected chi connectivity index (χ4v) is 3.15. The van der Waals surface area contributed by atoms with Gasteiger partial charge in [0.05, 0.1) is 11.6 Å². The molecule has 0 aliphatic heterocycles. The topological polar surface area (TPSA) is 54.9 Å². The van der Waals surface area contributed by atoms with Gasteiger partial charge in [-0.25, -0.2) is 0 Å². The standard InChI is InChI=1S/C19H30ClN3O2/c1-3-21-18(23-15-19(9-6-10-19)11-13-24-2)22-12-14-25-17-8-5-4-7-16(17)20/h4-5,7-8H,3,6,9-15H2,1-2H3,(H2,21,22,23). The van der Waals surface area contributed by atoms with Crippen LogP contribution in [-0.4, -0.2) is 45.9 Å². The Morgan fingerprint density at radius 3 is 2.68 bits per heavy atom. The molecule has 0 unspecified atom stereocenters. The number of guanidine groups is 1. The molecule has 0 radical (unpaired) electrons. The lowest BCUT2D eigenvalue weighted by atomic mass is 9.67. The van der Waals surface area contributed by atoms with Crippen LogP contribution in [0.2, 0.25) is 5.02 Å². The van der Waals surface area contributed by atoms with Crippen molar-refractivity contribution in [2.45, 2.75) is 32.6 Å². The summed E-state index contributed by atoms with van der Waals surface area (Å²) in [6.45, 7) is 5.76. The van der Waals surface area contributed by atoms with Gasteiger partial charge >= 0.3 is 0 Å². The van der Waals surface area contributed by atoms with E-state index in [1.54, 1.807) is 7.11 Å². The van der Waals surface area contributed by atoms with Gasteiger partial charge in [0.15, 0.2) is 5.96 Å². The van der Waals surface area contributed by atoms with Crippen molar-refractivity contribution in [1.82, 2.24) is 10.6 Å². The Morgan fingerprint density at radius 1 is 1.24 bits per heavy atom. The number of rotatable bonds is 10. The average Bonchev–Trinajstić information content (AvgIpc) is 2.58. The zero-order valence-electron chi connectivity index (χ0n) is 15.3. The zero-order chi connectivity index (χ0) is 18.0. The third kappa shape index (κ3) is 6.40. The highest BCUT2D eigenvalue weighted by molar-refractivity contribution is 6.32. The second-order valence-corrected chi connectivity index (χ2v) is 6.90. The molecule has 1 aromatic rings. The van der Waals surface area contributed by atoms with Gasteiger partial charge in [0.1, 0.15) is 12.4 Å². The number of nitrogens with one attached hydrogen (secondary N) is 2. The van der Waals surface area contributed by atoms with Gasteiger partial charge < -0.3 is 20.1 Å². The maximum Gasteiger partial charge on any atom is 0.191 e. The molecular weight excluding hydrogens is 338 g/mol. The number of methoxy groups -OCH3 is 1. The monoisotopic (exact) mass is 367 g/mol. The van der Waals surface area contributed by atoms with E-state index >= 15 is 0 Å². The molecule has 0 saturated heterocycles. The molecule has 0 bridgehead atoms. The number of nitrogens with zero attached hydrogens (tertiary/aromatic N) is 1. The Balaban J connectivity index is 1.78. The SMILES string of the molecule is CCNC(=NCC1(CCOC)CCC1)NCCOc1ccccc1Cl. The van der Waals surface area contributed by atoms with Crippen LogP contribution in [-0.2, 0) is 4.74 Å². The molecule has 0 amide bonds. The number of benzene rings is 1. The van der Waals surface area contributed by atoms with Gasteiger partial charge in [0.2, 0.25) is 0 Å². The van der Waals surface area contributed by atoms with Gasteiger partial charge in [-0.2, -0.15) is 0 Å². The fraction of sp³-hybridized carbons (Fsp3) is 0.632. The van der Waals surface area contributed by atoms with Crippen LogP contribution in [0.1, 0.15) is 32.6 Å². The summed E-state index contributed by atoms with van der Waals surface area (Å²) in [4.78, 5) is 4.78.